The van der Waals surface area contributed by atoms with Crippen LogP contribution in [0.3, 0.4) is 0 Å². The molecule has 1 aromatic heterocycles. The Morgan fingerprint density at radius 3 is 2.67 bits per heavy atom. The number of aliphatic hydroxyl groups is 1. The van der Waals surface area contributed by atoms with Gasteiger partial charge in [-0.15, -0.1) is 11.3 Å². The summed E-state index contributed by atoms with van der Waals surface area (Å²) >= 11 is 1.23. The van der Waals surface area contributed by atoms with E-state index in [9.17, 15) is 14.7 Å². The smallest absolute Gasteiger partial charge is 0.301 e. The van der Waals surface area contributed by atoms with Gasteiger partial charge in [-0.1, -0.05) is 36.4 Å². The van der Waals surface area contributed by atoms with Crippen LogP contribution < -0.4 is 19.1 Å². The summed E-state index contributed by atoms with van der Waals surface area (Å²) in [5, 5.41) is 13.6. The number of amides is 1. The fourth-order valence-corrected chi connectivity index (χ4v) is 5.78. The van der Waals surface area contributed by atoms with E-state index in [-0.39, 0.29) is 17.4 Å². The van der Waals surface area contributed by atoms with Crippen LogP contribution >= 0.6 is 11.3 Å². The van der Waals surface area contributed by atoms with Crippen LogP contribution in [-0.2, 0) is 22.6 Å². The van der Waals surface area contributed by atoms with Crippen molar-refractivity contribution in [3.05, 3.63) is 106 Å². The van der Waals surface area contributed by atoms with Crippen molar-refractivity contribution in [1.29, 1.82) is 0 Å². The molecule has 0 bridgehead atoms. The van der Waals surface area contributed by atoms with Gasteiger partial charge in [0.1, 0.15) is 24.2 Å². The molecule has 8 nitrogen and oxygen atoms in total. The number of ether oxygens (including phenoxy) is 3. The van der Waals surface area contributed by atoms with E-state index >= 15 is 0 Å². The molecule has 1 N–H and O–H groups in total. The highest BCUT2D eigenvalue weighted by atomic mass is 32.1. The molecule has 0 unspecified atom stereocenters. The van der Waals surface area contributed by atoms with Crippen molar-refractivity contribution in [1.82, 2.24) is 4.98 Å². The average molecular weight is 555 g/mol. The Kier molecular flexibility index (Phi) is 6.73. The Bertz CT molecular complexity index is 1620. The summed E-state index contributed by atoms with van der Waals surface area (Å²) in [5.41, 5.74) is 2.92. The number of carbonyl (C=O) groups excluding carboxylic acids is 2. The summed E-state index contributed by atoms with van der Waals surface area (Å²) in [4.78, 5) is 32.5. The molecule has 3 heterocycles. The van der Waals surface area contributed by atoms with Gasteiger partial charge in [0.15, 0.2) is 16.6 Å². The first kappa shape index (κ1) is 25.6. The van der Waals surface area contributed by atoms with E-state index in [1.165, 1.54) is 23.3 Å². The molecule has 0 radical (unpaired) electrons. The largest absolute Gasteiger partial charge is 0.507 e. The number of Topliss-reactive ketones (excluding diaryl/α,β-unsaturated/α-hetero) is 1. The van der Waals surface area contributed by atoms with Gasteiger partial charge in [-0.05, 0) is 53.9 Å². The van der Waals surface area contributed by atoms with E-state index in [4.69, 9.17) is 14.2 Å². The summed E-state index contributed by atoms with van der Waals surface area (Å²) in [6, 6.07) is 19.3. The molecule has 0 aliphatic carbocycles. The predicted molar refractivity (Wildman–Crippen MR) is 151 cm³/mol. The highest BCUT2D eigenvalue weighted by molar-refractivity contribution is 7.14. The van der Waals surface area contributed by atoms with Gasteiger partial charge >= 0.3 is 5.91 Å². The molecule has 2 aliphatic heterocycles. The van der Waals surface area contributed by atoms with Gasteiger partial charge in [-0.25, -0.2) is 4.98 Å². The van der Waals surface area contributed by atoms with E-state index in [0.717, 1.165) is 16.9 Å². The Hall–Kier alpha value is -4.63. The van der Waals surface area contributed by atoms with Gasteiger partial charge < -0.3 is 19.3 Å². The van der Waals surface area contributed by atoms with Gasteiger partial charge in [-0.2, -0.15) is 0 Å². The van der Waals surface area contributed by atoms with Gasteiger partial charge in [0.05, 0.1) is 18.7 Å². The zero-order valence-electron chi connectivity index (χ0n) is 21.9. The van der Waals surface area contributed by atoms with E-state index in [2.05, 4.69) is 4.98 Å². The number of carbonyl (C=O) groups is 2. The highest BCUT2D eigenvalue weighted by Gasteiger charge is 2.48. The molecule has 1 amide bonds. The molecule has 0 saturated carbocycles. The molecular weight excluding hydrogens is 528 g/mol. The average Bonchev–Trinajstić information content (AvgIpc) is 3.69. The van der Waals surface area contributed by atoms with Gasteiger partial charge in [0.25, 0.3) is 5.78 Å². The molecule has 202 valence electrons. The Labute approximate surface area is 235 Å². The second kappa shape index (κ2) is 10.5. The minimum absolute atomic E-state index is 0.0212. The van der Waals surface area contributed by atoms with Crippen LogP contribution in [0, 0.1) is 0 Å². The van der Waals surface area contributed by atoms with Crippen molar-refractivity contribution in [2.24, 2.45) is 0 Å². The zero-order chi connectivity index (χ0) is 27.8. The van der Waals surface area contributed by atoms with Gasteiger partial charge in [-0.3, -0.25) is 14.5 Å². The number of anilines is 1. The maximum atomic E-state index is 13.5. The lowest BCUT2D eigenvalue weighted by atomic mass is 9.94. The van der Waals surface area contributed by atoms with Crippen molar-refractivity contribution in [2.75, 3.05) is 12.0 Å². The zero-order valence-corrected chi connectivity index (χ0v) is 22.7. The molecule has 40 heavy (non-hydrogen) atoms. The highest BCUT2D eigenvalue weighted by Crippen LogP contribution is 2.45. The first-order valence-electron chi connectivity index (χ1n) is 12.8. The number of thiazole rings is 1. The van der Waals surface area contributed by atoms with E-state index in [1.54, 1.807) is 41.9 Å². The van der Waals surface area contributed by atoms with Gasteiger partial charge in [0.2, 0.25) is 0 Å². The van der Waals surface area contributed by atoms with Crippen LogP contribution in [0.25, 0.3) is 5.76 Å². The monoisotopic (exact) mass is 554 g/mol. The number of aliphatic hydroxyl groups excluding tert-OH is 1. The second-order valence-corrected chi connectivity index (χ2v) is 10.5. The number of aromatic nitrogens is 1. The molecule has 2 aliphatic rings. The topological polar surface area (TPSA) is 98.2 Å². The van der Waals surface area contributed by atoms with E-state index in [1.807, 2.05) is 43.3 Å². The lowest BCUT2D eigenvalue weighted by Crippen LogP contribution is -2.29. The summed E-state index contributed by atoms with van der Waals surface area (Å²) in [6.45, 7) is 2.31. The minimum atomic E-state index is -0.924. The van der Waals surface area contributed by atoms with Crippen LogP contribution in [0.2, 0.25) is 0 Å². The molecule has 2 atom stereocenters. The van der Waals surface area contributed by atoms with Gasteiger partial charge in [0, 0.05) is 23.6 Å². The number of rotatable bonds is 7. The Morgan fingerprint density at radius 1 is 1.10 bits per heavy atom. The van der Waals surface area contributed by atoms with Crippen LogP contribution in [0.5, 0.6) is 17.2 Å². The van der Waals surface area contributed by atoms with Crippen LogP contribution in [0.4, 0.5) is 5.13 Å². The third-order valence-electron chi connectivity index (χ3n) is 6.98. The lowest BCUT2D eigenvalue weighted by Gasteiger charge is -2.24. The maximum Gasteiger partial charge on any atom is 0.301 e. The Balaban J connectivity index is 1.43. The first-order valence-corrected chi connectivity index (χ1v) is 13.7. The van der Waals surface area contributed by atoms with Crippen LogP contribution in [0.15, 0.2) is 83.9 Å². The number of methoxy groups -OCH3 is 1. The maximum absolute atomic E-state index is 13.5. The van der Waals surface area contributed by atoms with E-state index < -0.39 is 17.7 Å². The standard InChI is InChI=1S/C31H26N2O6S/c1-18-14-22-15-21(9-10-23(22)39-18)28(34)26-27(33(30(36)29(26)35)31-32-12-13-40-31)20-8-11-24(25(16-20)37-2)38-17-19-6-4-3-5-7-19/h3-13,15-16,18,27,34H,14,17H2,1-2H3/b28-26+/t18-,27+/m0/s1. The number of nitrogens with zero attached hydrogens (tertiary/aromatic N) is 2. The molecule has 1 fully saturated rings. The van der Waals surface area contributed by atoms with Crippen LogP contribution in [-0.4, -0.2) is 35.0 Å². The number of ketones is 1. The molecule has 3 aromatic carbocycles. The summed E-state index contributed by atoms with van der Waals surface area (Å²) in [7, 11) is 1.53. The molecular formula is C31H26N2O6S. The van der Waals surface area contributed by atoms with Crippen LogP contribution in [0.1, 0.15) is 35.2 Å². The molecule has 4 aromatic rings. The van der Waals surface area contributed by atoms with Crippen molar-refractivity contribution < 1.29 is 28.9 Å². The number of hydrogen-bond acceptors (Lipinski definition) is 8. The van der Waals surface area contributed by atoms with Crippen molar-refractivity contribution in [2.45, 2.75) is 32.1 Å². The third-order valence-corrected chi connectivity index (χ3v) is 7.75. The minimum Gasteiger partial charge on any atom is -0.507 e. The third kappa shape index (κ3) is 4.58. The normalized spacial score (nSPS) is 19.4. The van der Waals surface area contributed by atoms with Crippen molar-refractivity contribution in [3.63, 3.8) is 0 Å². The van der Waals surface area contributed by atoms with Crippen molar-refractivity contribution in [3.8, 4) is 17.2 Å². The lowest BCUT2D eigenvalue weighted by molar-refractivity contribution is -0.132. The molecule has 0 spiro atoms. The van der Waals surface area contributed by atoms with E-state index in [0.29, 0.717) is 40.8 Å². The second-order valence-electron chi connectivity index (χ2n) is 9.62. The first-order chi connectivity index (χ1) is 19.4. The SMILES string of the molecule is COc1cc([C@@H]2/C(=C(\O)c3ccc4c(c3)C[C@H](C)O4)C(=O)C(=O)N2c2nccs2)ccc1OCc1ccccc1. The number of benzene rings is 3. The number of hydrogen-bond donors (Lipinski definition) is 1. The fraction of sp³-hybridized carbons (Fsp3) is 0.194. The molecule has 9 heteroatoms. The summed E-state index contributed by atoms with van der Waals surface area (Å²) < 4.78 is 17.4. The Morgan fingerprint density at radius 2 is 1.93 bits per heavy atom. The number of fused-ring (bicyclic) bond motifs is 1. The quantitative estimate of drug-likeness (QED) is 0.178. The summed E-state index contributed by atoms with van der Waals surface area (Å²) in [5.74, 6) is -0.113. The molecule has 6 rings (SSSR count). The predicted octanol–water partition coefficient (Wildman–Crippen LogP) is 5.68. The molecule has 1 saturated heterocycles. The van der Waals surface area contributed by atoms with Crippen molar-refractivity contribution >= 4 is 33.9 Å². The fourth-order valence-electron chi connectivity index (χ4n) is 5.11. The summed E-state index contributed by atoms with van der Waals surface area (Å²) in [6.07, 6.45) is 2.28.